The highest BCUT2D eigenvalue weighted by molar-refractivity contribution is 5.57. The maximum absolute atomic E-state index is 5.91. The van der Waals surface area contributed by atoms with Gasteiger partial charge in [0.15, 0.2) is 0 Å². The highest BCUT2D eigenvalue weighted by Gasteiger charge is 2.21. The van der Waals surface area contributed by atoms with Crippen LogP contribution in [0.1, 0.15) is 47.5 Å². The smallest absolute Gasteiger partial charge is 0.0279 e. The molecule has 0 aromatic carbocycles. The number of hydrogen-bond acceptors (Lipinski definition) is 1. The quantitative estimate of drug-likeness (QED) is 0.497. The van der Waals surface area contributed by atoms with Gasteiger partial charge in [-0.2, -0.15) is 0 Å². The van der Waals surface area contributed by atoms with Crippen molar-refractivity contribution >= 4 is 0 Å². The lowest BCUT2D eigenvalue weighted by Gasteiger charge is -2.25. The summed E-state index contributed by atoms with van der Waals surface area (Å²) in [6.45, 7) is 19.1. The number of hydrogen-bond donors (Lipinski definition) is 1. The monoisotopic (exact) mass is 348 g/mol. The van der Waals surface area contributed by atoms with Gasteiger partial charge in [-0.05, 0) is 55.1 Å². The average Bonchev–Trinajstić information content (AvgIpc) is 2.82. The van der Waals surface area contributed by atoms with Crippen LogP contribution in [-0.2, 0) is 0 Å². The number of nitrogens with two attached hydrogens (primary N) is 1. The summed E-state index contributed by atoms with van der Waals surface area (Å²) in [4.78, 5) is 0. The fourth-order valence-electron chi connectivity index (χ4n) is 2.88. The topological polar surface area (TPSA) is 26.0 Å². The zero-order valence-electron chi connectivity index (χ0n) is 17.1. The van der Waals surface area contributed by atoms with Gasteiger partial charge in [0.2, 0.25) is 0 Å². The van der Waals surface area contributed by atoms with Crippen LogP contribution in [0.4, 0.5) is 0 Å². The van der Waals surface area contributed by atoms with Gasteiger partial charge in [0.1, 0.15) is 0 Å². The van der Waals surface area contributed by atoms with Crippen molar-refractivity contribution in [3.8, 4) is 0 Å². The molecule has 2 aliphatic rings. The minimum Gasteiger partial charge on any atom is -0.399 e. The van der Waals surface area contributed by atoms with E-state index < -0.39 is 0 Å². The highest BCUT2D eigenvalue weighted by atomic mass is 14.6. The second-order valence-electron chi connectivity index (χ2n) is 6.63. The third-order valence-corrected chi connectivity index (χ3v) is 4.48. The zero-order chi connectivity index (χ0) is 19.7. The second kappa shape index (κ2) is 10.7. The fourth-order valence-corrected chi connectivity index (χ4v) is 2.88. The molecule has 1 unspecified atom stereocenters. The van der Waals surface area contributed by atoms with Gasteiger partial charge in [-0.1, -0.05) is 81.5 Å². The molecule has 1 heteroatoms. The van der Waals surface area contributed by atoms with Gasteiger partial charge in [-0.15, -0.1) is 0 Å². The molecule has 139 valence electrons. The van der Waals surface area contributed by atoms with E-state index in [-0.39, 0.29) is 5.92 Å². The minimum atomic E-state index is 0.209. The number of allylic oxidation sites excluding steroid dienone is 13. The van der Waals surface area contributed by atoms with Gasteiger partial charge in [0.05, 0.1) is 0 Å². The molecule has 26 heavy (non-hydrogen) atoms. The summed E-state index contributed by atoms with van der Waals surface area (Å²) in [7, 11) is 0. The summed E-state index contributed by atoms with van der Waals surface area (Å²) in [5, 5.41) is 0. The molecule has 0 saturated carbocycles. The van der Waals surface area contributed by atoms with Crippen LogP contribution in [-0.4, -0.2) is 0 Å². The Balaban J connectivity index is 0.00000163. The standard InChI is InChI=1S/C23H28N.C2H6/c1-6-16(2)12-17(3)15-23(19(5)21-13-18(4)14-21)20-8-7-9-22(24)11-10-20;1-2/h7-14,23H,3,5-6,15,24H2,1-2,4H3;1-2H3/b16-12+;. The third kappa shape index (κ3) is 6.22. The Hall–Kier alpha value is -2.28. The van der Waals surface area contributed by atoms with Crippen molar-refractivity contribution in [1.82, 2.24) is 0 Å². The van der Waals surface area contributed by atoms with E-state index >= 15 is 0 Å². The third-order valence-electron chi connectivity index (χ3n) is 4.48. The van der Waals surface area contributed by atoms with Crippen LogP contribution < -0.4 is 5.73 Å². The van der Waals surface area contributed by atoms with Crippen LogP contribution in [0, 0.1) is 12.3 Å². The first-order valence-corrected chi connectivity index (χ1v) is 9.53. The summed E-state index contributed by atoms with van der Waals surface area (Å²) in [5.41, 5.74) is 14.1. The lowest BCUT2D eigenvalue weighted by molar-refractivity contribution is 0.737. The molecule has 0 spiro atoms. The Kier molecular flexibility index (Phi) is 8.92. The lowest BCUT2D eigenvalue weighted by Crippen LogP contribution is -2.11. The Morgan fingerprint density at radius 3 is 2.38 bits per heavy atom. The summed E-state index contributed by atoms with van der Waals surface area (Å²) in [5.74, 6) is 0.209. The van der Waals surface area contributed by atoms with Crippen LogP contribution in [0.3, 0.4) is 0 Å². The van der Waals surface area contributed by atoms with E-state index in [2.05, 4.69) is 64.3 Å². The fraction of sp³-hybridized carbons (Fsp3) is 0.320. The molecule has 1 nitrogen and oxygen atoms in total. The van der Waals surface area contributed by atoms with E-state index in [4.69, 9.17) is 5.73 Å². The van der Waals surface area contributed by atoms with Crippen LogP contribution in [0.5, 0.6) is 0 Å². The van der Waals surface area contributed by atoms with Crippen LogP contribution >= 0.6 is 0 Å². The molecule has 2 aliphatic carbocycles. The lowest BCUT2D eigenvalue weighted by atomic mass is 9.79. The summed E-state index contributed by atoms with van der Waals surface area (Å²) in [6.07, 6.45) is 18.6. The van der Waals surface area contributed by atoms with E-state index in [1.54, 1.807) is 0 Å². The molecule has 0 heterocycles. The Morgan fingerprint density at radius 1 is 1.15 bits per heavy atom. The molecule has 2 N–H and O–H groups in total. The van der Waals surface area contributed by atoms with E-state index in [9.17, 15) is 0 Å². The van der Waals surface area contributed by atoms with Crippen molar-refractivity contribution in [2.24, 2.45) is 11.7 Å². The molecule has 1 radical (unpaired) electrons. The molecule has 1 atom stereocenters. The van der Waals surface area contributed by atoms with Gasteiger partial charge in [0.25, 0.3) is 0 Å². The highest BCUT2D eigenvalue weighted by Crippen LogP contribution is 2.36. The van der Waals surface area contributed by atoms with E-state index in [0.29, 0.717) is 0 Å². The van der Waals surface area contributed by atoms with Crippen molar-refractivity contribution in [2.45, 2.75) is 47.5 Å². The van der Waals surface area contributed by atoms with Gasteiger partial charge in [-0.3, -0.25) is 0 Å². The normalized spacial score (nSPS) is 17.3. The van der Waals surface area contributed by atoms with E-state index in [0.717, 1.165) is 29.7 Å². The maximum atomic E-state index is 5.91. The SMILES string of the molecule is C=C(/C=C(\C)CC)CC(C(=C)C1=CC(C)=C1)C1=C[CH]C=C(N)C=C1.CC. The van der Waals surface area contributed by atoms with Crippen molar-refractivity contribution < 1.29 is 0 Å². The molecule has 0 bridgehead atoms. The molecule has 0 fully saturated rings. The van der Waals surface area contributed by atoms with Crippen molar-refractivity contribution in [3.05, 3.63) is 101 Å². The van der Waals surface area contributed by atoms with Crippen LogP contribution in [0.15, 0.2) is 94.8 Å². The predicted molar refractivity (Wildman–Crippen MR) is 117 cm³/mol. The maximum Gasteiger partial charge on any atom is 0.0279 e. The van der Waals surface area contributed by atoms with Crippen molar-refractivity contribution in [3.63, 3.8) is 0 Å². The van der Waals surface area contributed by atoms with Gasteiger partial charge < -0.3 is 5.73 Å². The molecule has 0 aliphatic heterocycles. The van der Waals surface area contributed by atoms with Gasteiger partial charge in [0, 0.05) is 18.0 Å². The first-order chi connectivity index (χ1) is 12.4. The van der Waals surface area contributed by atoms with Crippen LogP contribution in [0.25, 0.3) is 0 Å². The Morgan fingerprint density at radius 2 is 1.81 bits per heavy atom. The van der Waals surface area contributed by atoms with E-state index in [1.807, 2.05) is 32.4 Å². The summed E-state index contributed by atoms with van der Waals surface area (Å²) >= 11 is 0. The molecule has 2 rings (SSSR count). The summed E-state index contributed by atoms with van der Waals surface area (Å²) < 4.78 is 0. The molecular weight excluding hydrogens is 314 g/mol. The minimum absolute atomic E-state index is 0.209. The Bertz CT molecular complexity index is 717. The average molecular weight is 349 g/mol. The molecule has 0 aromatic rings. The van der Waals surface area contributed by atoms with Crippen LogP contribution in [0.2, 0.25) is 0 Å². The largest absolute Gasteiger partial charge is 0.399 e. The second-order valence-corrected chi connectivity index (χ2v) is 6.63. The molecule has 0 amide bonds. The van der Waals surface area contributed by atoms with Gasteiger partial charge >= 0.3 is 0 Å². The van der Waals surface area contributed by atoms with Gasteiger partial charge in [-0.25, -0.2) is 0 Å². The van der Waals surface area contributed by atoms with Crippen molar-refractivity contribution in [1.29, 1.82) is 0 Å². The first-order valence-electron chi connectivity index (χ1n) is 9.53. The van der Waals surface area contributed by atoms with E-state index in [1.165, 1.54) is 22.3 Å². The van der Waals surface area contributed by atoms with Crippen molar-refractivity contribution in [2.75, 3.05) is 0 Å². The summed E-state index contributed by atoms with van der Waals surface area (Å²) in [6, 6.07) is 0. The number of rotatable bonds is 7. The molecular formula is C25H34N. The molecule has 0 saturated heterocycles. The Labute approximate surface area is 160 Å². The molecule has 0 aromatic heterocycles. The predicted octanol–water partition coefficient (Wildman–Crippen LogP) is 6.92. The first kappa shape index (κ1) is 21.8. The zero-order valence-corrected chi connectivity index (χ0v) is 17.1.